The van der Waals surface area contributed by atoms with Gasteiger partial charge in [0, 0.05) is 6.04 Å². The Hall–Kier alpha value is -3.63. The van der Waals surface area contributed by atoms with Crippen LogP contribution in [0.15, 0.2) is 41.3 Å². The van der Waals surface area contributed by atoms with Crippen molar-refractivity contribution in [3.63, 3.8) is 0 Å². The van der Waals surface area contributed by atoms with Gasteiger partial charge in [-0.1, -0.05) is 29.3 Å². The summed E-state index contributed by atoms with van der Waals surface area (Å²) in [6, 6.07) is 8.60. The van der Waals surface area contributed by atoms with Crippen molar-refractivity contribution >= 4 is 57.5 Å². The summed E-state index contributed by atoms with van der Waals surface area (Å²) in [5.74, 6) is 1.27. The first kappa shape index (κ1) is 21.2. The van der Waals surface area contributed by atoms with Gasteiger partial charge >= 0.3 is 0 Å². The summed E-state index contributed by atoms with van der Waals surface area (Å²) >= 11 is 12.8. The standard InChI is InChI=1S/C21H19Cl2N9O/c22-12-2-1-3-13-16(12)20(33)32(11-6-7-14(24)27-8-11)15(28-13)9-31(10-4-5-10)19-17(23)18(25)29-21(26)30-19/h1-3,6-8,10H,4-5,9H2,(H2,24,27)(H4,25,26,29,30). The van der Waals surface area contributed by atoms with Crippen molar-refractivity contribution in [3.8, 4) is 5.69 Å². The maximum atomic E-state index is 13.6. The van der Waals surface area contributed by atoms with Crippen molar-refractivity contribution in [2.45, 2.75) is 25.4 Å². The van der Waals surface area contributed by atoms with Gasteiger partial charge in [0.1, 0.15) is 22.5 Å². The van der Waals surface area contributed by atoms with Gasteiger partial charge in [-0.3, -0.25) is 9.36 Å². The third-order valence-electron chi connectivity index (χ3n) is 5.39. The number of nitrogens with zero attached hydrogens (tertiary/aromatic N) is 6. The van der Waals surface area contributed by atoms with Crippen LogP contribution in [0.25, 0.3) is 16.6 Å². The summed E-state index contributed by atoms with van der Waals surface area (Å²) in [6.45, 7) is 0.211. The molecule has 0 unspecified atom stereocenters. The molecule has 5 rings (SSSR count). The van der Waals surface area contributed by atoms with Crippen LogP contribution in [-0.2, 0) is 6.54 Å². The van der Waals surface area contributed by atoms with Crippen LogP contribution in [0, 0.1) is 0 Å². The number of fused-ring (bicyclic) bond motifs is 1. The van der Waals surface area contributed by atoms with E-state index in [9.17, 15) is 4.79 Å². The van der Waals surface area contributed by atoms with Crippen LogP contribution in [0.3, 0.4) is 0 Å². The molecule has 0 bridgehead atoms. The molecule has 0 radical (unpaired) electrons. The molecule has 0 atom stereocenters. The van der Waals surface area contributed by atoms with Gasteiger partial charge in [-0.2, -0.15) is 9.97 Å². The summed E-state index contributed by atoms with van der Waals surface area (Å²) in [4.78, 5) is 32.7. The summed E-state index contributed by atoms with van der Waals surface area (Å²) in [6.07, 6.45) is 3.36. The SMILES string of the molecule is Nc1ccc(-n2c(CN(c3nc(N)nc(N)c3Cl)C3CC3)nc3cccc(Cl)c3c2=O)cn1. The number of hydrogen-bond donors (Lipinski definition) is 3. The fraction of sp³-hybridized carbons (Fsp3) is 0.190. The van der Waals surface area contributed by atoms with Gasteiger partial charge in [0.25, 0.3) is 5.56 Å². The maximum Gasteiger partial charge on any atom is 0.267 e. The molecule has 0 aliphatic heterocycles. The van der Waals surface area contributed by atoms with Gasteiger partial charge in [0.15, 0.2) is 5.82 Å². The molecule has 1 aromatic carbocycles. The van der Waals surface area contributed by atoms with E-state index in [1.165, 1.54) is 10.8 Å². The van der Waals surface area contributed by atoms with Crippen molar-refractivity contribution in [2.24, 2.45) is 0 Å². The molecule has 6 N–H and O–H groups in total. The Bertz CT molecular complexity index is 1430. The summed E-state index contributed by atoms with van der Waals surface area (Å²) in [5.41, 5.74) is 18.2. The highest BCUT2D eigenvalue weighted by molar-refractivity contribution is 6.35. The van der Waals surface area contributed by atoms with E-state index in [1.807, 2.05) is 4.90 Å². The first-order valence-electron chi connectivity index (χ1n) is 10.1. The molecule has 1 aliphatic carbocycles. The zero-order chi connectivity index (χ0) is 23.3. The van der Waals surface area contributed by atoms with Crippen LogP contribution in [0.4, 0.5) is 23.4 Å². The molecule has 1 aliphatic rings. The minimum absolute atomic E-state index is 0.0101. The number of halogens is 2. The van der Waals surface area contributed by atoms with E-state index in [-0.39, 0.29) is 34.9 Å². The second kappa shape index (κ2) is 8.05. The van der Waals surface area contributed by atoms with Gasteiger partial charge in [-0.25, -0.2) is 9.97 Å². The summed E-state index contributed by atoms with van der Waals surface area (Å²) in [7, 11) is 0. The largest absolute Gasteiger partial charge is 0.384 e. The van der Waals surface area contributed by atoms with Crippen molar-refractivity contribution in [1.82, 2.24) is 24.5 Å². The van der Waals surface area contributed by atoms with Gasteiger partial charge in [-0.05, 0) is 37.1 Å². The molecule has 33 heavy (non-hydrogen) atoms. The van der Waals surface area contributed by atoms with E-state index in [4.69, 9.17) is 45.4 Å². The summed E-state index contributed by atoms with van der Waals surface area (Å²) < 4.78 is 1.47. The highest BCUT2D eigenvalue weighted by Crippen LogP contribution is 2.37. The van der Waals surface area contributed by atoms with Gasteiger partial charge in [0.05, 0.1) is 34.4 Å². The van der Waals surface area contributed by atoms with Crippen molar-refractivity contribution in [3.05, 3.63) is 62.8 Å². The number of nitrogen functional groups attached to an aromatic ring is 3. The first-order valence-corrected chi connectivity index (χ1v) is 10.9. The van der Waals surface area contributed by atoms with Gasteiger partial charge in [0.2, 0.25) is 5.95 Å². The molecular formula is C21H19Cl2N9O. The molecule has 4 aromatic rings. The van der Waals surface area contributed by atoms with Crippen LogP contribution in [0.5, 0.6) is 0 Å². The third-order valence-corrected chi connectivity index (χ3v) is 6.07. The zero-order valence-electron chi connectivity index (χ0n) is 17.2. The molecule has 3 aromatic heterocycles. The molecule has 1 fully saturated rings. The minimum atomic E-state index is -0.323. The van der Waals surface area contributed by atoms with Crippen LogP contribution in [0.1, 0.15) is 18.7 Å². The van der Waals surface area contributed by atoms with E-state index >= 15 is 0 Å². The Kier molecular flexibility index (Phi) is 5.18. The van der Waals surface area contributed by atoms with Crippen molar-refractivity contribution in [1.29, 1.82) is 0 Å². The normalized spacial score (nSPS) is 13.4. The quantitative estimate of drug-likeness (QED) is 0.388. The van der Waals surface area contributed by atoms with Crippen LogP contribution < -0.4 is 27.7 Å². The minimum Gasteiger partial charge on any atom is -0.384 e. The van der Waals surface area contributed by atoms with E-state index in [2.05, 4.69) is 15.0 Å². The predicted molar refractivity (Wildman–Crippen MR) is 130 cm³/mol. The molecule has 10 nitrogen and oxygen atoms in total. The number of pyridine rings is 1. The van der Waals surface area contributed by atoms with Crippen LogP contribution >= 0.6 is 23.2 Å². The average molecular weight is 484 g/mol. The molecule has 168 valence electrons. The zero-order valence-corrected chi connectivity index (χ0v) is 18.8. The molecule has 3 heterocycles. The molecule has 0 amide bonds. The predicted octanol–water partition coefficient (Wildman–Crippen LogP) is 2.79. The lowest BCUT2D eigenvalue weighted by molar-refractivity contribution is 0.710. The number of nitrogens with two attached hydrogens (primary N) is 3. The fourth-order valence-corrected chi connectivity index (χ4v) is 4.16. The van der Waals surface area contributed by atoms with Gasteiger partial charge in [-0.15, -0.1) is 0 Å². The van der Waals surface area contributed by atoms with Crippen molar-refractivity contribution < 1.29 is 0 Å². The fourth-order valence-electron chi connectivity index (χ4n) is 3.71. The first-order chi connectivity index (χ1) is 15.8. The third kappa shape index (κ3) is 3.87. The number of aromatic nitrogens is 5. The number of rotatable bonds is 5. The smallest absolute Gasteiger partial charge is 0.267 e. The Morgan fingerprint density at radius 2 is 1.85 bits per heavy atom. The monoisotopic (exact) mass is 483 g/mol. The highest BCUT2D eigenvalue weighted by atomic mass is 35.5. The Morgan fingerprint density at radius 3 is 2.55 bits per heavy atom. The lowest BCUT2D eigenvalue weighted by atomic mass is 10.2. The lowest BCUT2D eigenvalue weighted by Crippen LogP contribution is -2.33. The molecule has 12 heteroatoms. The Labute approximate surface area is 198 Å². The van der Waals surface area contributed by atoms with Gasteiger partial charge < -0.3 is 22.1 Å². The second-order valence-corrected chi connectivity index (χ2v) is 8.49. The molecule has 0 saturated heterocycles. The summed E-state index contributed by atoms with van der Waals surface area (Å²) in [5, 5.41) is 0.821. The van der Waals surface area contributed by atoms with Crippen molar-refractivity contribution in [2.75, 3.05) is 22.1 Å². The maximum absolute atomic E-state index is 13.6. The number of hydrogen-bond acceptors (Lipinski definition) is 9. The second-order valence-electron chi connectivity index (χ2n) is 7.71. The molecular weight excluding hydrogens is 465 g/mol. The average Bonchev–Trinajstić information content (AvgIpc) is 3.61. The van der Waals surface area contributed by atoms with Crippen LogP contribution in [-0.4, -0.2) is 30.5 Å². The number of anilines is 4. The molecule has 1 saturated carbocycles. The highest BCUT2D eigenvalue weighted by Gasteiger charge is 2.33. The molecule has 0 spiro atoms. The van der Waals surface area contributed by atoms with E-state index < -0.39 is 0 Å². The lowest BCUT2D eigenvalue weighted by Gasteiger charge is -2.26. The Morgan fingerprint density at radius 1 is 1.06 bits per heavy atom. The van der Waals surface area contributed by atoms with E-state index in [0.717, 1.165) is 12.8 Å². The van der Waals surface area contributed by atoms with E-state index in [1.54, 1.807) is 30.3 Å². The van der Waals surface area contributed by atoms with E-state index in [0.29, 0.717) is 39.1 Å². The number of benzene rings is 1. The Balaban J connectivity index is 1.72. The topological polar surface area (TPSA) is 155 Å². The van der Waals surface area contributed by atoms with Crippen LogP contribution in [0.2, 0.25) is 10.0 Å².